The molecule has 0 saturated carbocycles. The van der Waals surface area contributed by atoms with E-state index in [1.807, 2.05) is 36.4 Å². The Hall–Kier alpha value is -1.91. The zero-order valence-electron chi connectivity index (χ0n) is 15.9. The zero-order chi connectivity index (χ0) is 17.8. The molecule has 0 radical (unpaired) electrons. The van der Waals surface area contributed by atoms with Gasteiger partial charge in [0.15, 0.2) is 0 Å². The first-order chi connectivity index (χ1) is 12.1. The quantitative estimate of drug-likeness (QED) is 0.699. The van der Waals surface area contributed by atoms with Gasteiger partial charge in [-0.1, -0.05) is 13.0 Å². The number of halogens is 2. The molecule has 0 spiro atoms. The molecule has 1 unspecified atom stereocenters. The van der Waals surface area contributed by atoms with Crippen LogP contribution < -0.4 is 16.0 Å². The Morgan fingerprint density at radius 2 is 1.89 bits per heavy atom. The zero-order valence-corrected chi connectivity index (χ0v) is 17.5. The molecule has 0 aliphatic heterocycles. The number of anilines is 2. The number of benzene rings is 2. The molecule has 6 heteroatoms. The number of hydrogen-bond donors (Lipinski definition) is 2. The van der Waals surface area contributed by atoms with Gasteiger partial charge < -0.3 is 16.0 Å². The molecule has 148 valence electrons. The van der Waals surface area contributed by atoms with Gasteiger partial charge in [0.2, 0.25) is 0 Å². The fourth-order valence-electron chi connectivity index (χ4n) is 3.56. The fraction of sp³-hybridized carbons (Fsp3) is 0.381. The third-order valence-corrected chi connectivity index (χ3v) is 4.92. The van der Waals surface area contributed by atoms with E-state index in [1.165, 1.54) is 11.1 Å². The summed E-state index contributed by atoms with van der Waals surface area (Å²) in [5.41, 5.74) is 11.0. The van der Waals surface area contributed by atoms with Gasteiger partial charge >= 0.3 is 0 Å². The lowest BCUT2D eigenvalue weighted by Gasteiger charge is -2.27. The van der Waals surface area contributed by atoms with Crippen molar-refractivity contribution in [3.05, 3.63) is 59.2 Å². The number of nitrogens with zero attached hydrogens (tertiary/aromatic N) is 1. The van der Waals surface area contributed by atoms with Crippen LogP contribution in [0.5, 0.6) is 0 Å². The van der Waals surface area contributed by atoms with E-state index in [2.05, 4.69) is 30.3 Å². The molecule has 1 aliphatic rings. The highest BCUT2D eigenvalue weighted by atomic mass is 35.5. The van der Waals surface area contributed by atoms with Crippen molar-refractivity contribution in [3.8, 4) is 0 Å². The van der Waals surface area contributed by atoms with Crippen molar-refractivity contribution in [2.24, 2.45) is 0 Å². The Morgan fingerprint density at radius 1 is 1.19 bits per heavy atom. The Kier molecular flexibility index (Phi) is 8.94. The predicted molar refractivity (Wildman–Crippen MR) is 118 cm³/mol. The molecular formula is C21H29Cl2N3O. The van der Waals surface area contributed by atoms with Crippen LogP contribution >= 0.6 is 24.8 Å². The highest BCUT2D eigenvalue weighted by Crippen LogP contribution is 2.31. The lowest BCUT2D eigenvalue weighted by molar-refractivity contribution is 0.0933. The van der Waals surface area contributed by atoms with Gasteiger partial charge in [-0.3, -0.25) is 4.79 Å². The molecule has 4 nitrogen and oxygen atoms in total. The first-order valence-corrected chi connectivity index (χ1v) is 9.09. The predicted octanol–water partition coefficient (Wildman–Crippen LogP) is 4.77. The van der Waals surface area contributed by atoms with Gasteiger partial charge in [0.25, 0.3) is 5.91 Å². The molecule has 27 heavy (non-hydrogen) atoms. The average molecular weight is 410 g/mol. The van der Waals surface area contributed by atoms with Crippen LogP contribution in [0.15, 0.2) is 42.5 Å². The van der Waals surface area contributed by atoms with E-state index in [1.54, 1.807) is 0 Å². The highest BCUT2D eigenvalue weighted by Gasteiger charge is 2.22. The Morgan fingerprint density at radius 3 is 2.56 bits per heavy atom. The van der Waals surface area contributed by atoms with Crippen LogP contribution in [0, 0.1) is 0 Å². The van der Waals surface area contributed by atoms with Gasteiger partial charge in [0.1, 0.15) is 0 Å². The summed E-state index contributed by atoms with van der Waals surface area (Å²) in [5, 5.41) is 3.19. The number of carbonyl (C=O) groups is 1. The lowest BCUT2D eigenvalue weighted by atomic mass is 9.87. The third kappa shape index (κ3) is 5.53. The number of rotatable bonds is 5. The Balaban J connectivity index is 0.00000182. The van der Waals surface area contributed by atoms with Crippen molar-refractivity contribution < 1.29 is 4.79 Å². The summed E-state index contributed by atoms with van der Waals surface area (Å²) < 4.78 is 0. The first-order valence-electron chi connectivity index (χ1n) is 9.09. The second kappa shape index (κ2) is 10.4. The van der Waals surface area contributed by atoms with Crippen LogP contribution in [0.1, 0.15) is 53.7 Å². The van der Waals surface area contributed by atoms with Crippen LogP contribution in [-0.2, 0) is 6.42 Å². The molecule has 1 atom stereocenters. The minimum Gasteiger partial charge on any atom is -0.399 e. The molecule has 3 N–H and O–H groups in total. The van der Waals surface area contributed by atoms with Crippen LogP contribution in [0.2, 0.25) is 0 Å². The smallest absolute Gasteiger partial charge is 0.251 e. The van der Waals surface area contributed by atoms with Crippen molar-refractivity contribution in [2.75, 3.05) is 24.2 Å². The van der Waals surface area contributed by atoms with Gasteiger partial charge in [0, 0.05) is 30.5 Å². The fourth-order valence-corrected chi connectivity index (χ4v) is 3.56. The molecule has 0 fully saturated rings. The van der Waals surface area contributed by atoms with E-state index in [0.717, 1.165) is 43.6 Å². The van der Waals surface area contributed by atoms with Gasteiger partial charge in [-0.25, -0.2) is 0 Å². The normalized spacial score (nSPS) is 15.0. The van der Waals surface area contributed by atoms with Crippen molar-refractivity contribution in [1.82, 2.24) is 5.32 Å². The minimum absolute atomic E-state index is 0. The molecule has 1 aliphatic carbocycles. The minimum atomic E-state index is -0.0145. The molecule has 3 rings (SSSR count). The summed E-state index contributed by atoms with van der Waals surface area (Å²) >= 11 is 0. The van der Waals surface area contributed by atoms with E-state index in [4.69, 9.17) is 5.73 Å². The van der Waals surface area contributed by atoms with E-state index in [-0.39, 0.29) is 36.8 Å². The molecule has 1 amide bonds. The van der Waals surface area contributed by atoms with Crippen LogP contribution in [0.3, 0.4) is 0 Å². The molecule has 2 aromatic rings. The maximum atomic E-state index is 12.6. The molecular weight excluding hydrogens is 381 g/mol. The summed E-state index contributed by atoms with van der Waals surface area (Å²) in [6, 6.07) is 13.9. The second-order valence-electron chi connectivity index (χ2n) is 6.84. The first kappa shape index (κ1) is 23.1. The van der Waals surface area contributed by atoms with Crippen LogP contribution in [0.25, 0.3) is 0 Å². The number of fused-ring (bicyclic) bond motifs is 1. The maximum Gasteiger partial charge on any atom is 0.251 e. The monoisotopic (exact) mass is 409 g/mol. The van der Waals surface area contributed by atoms with Gasteiger partial charge in [-0.15, -0.1) is 24.8 Å². The number of hydrogen-bond acceptors (Lipinski definition) is 3. The number of amides is 1. The molecule has 0 bridgehead atoms. The number of aryl methyl sites for hydroxylation is 1. The Labute approximate surface area is 174 Å². The van der Waals surface area contributed by atoms with Gasteiger partial charge in [-0.2, -0.15) is 0 Å². The summed E-state index contributed by atoms with van der Waals surface area (Å²) in [7, 11) is 2.07. The second-order valence-corrected chi connectivity index (χ2v) is 6.84. The van der Waals surface area contributed by atoms with Gasteiger partial charge in [-0.05, 0) is 73.2 Å². The van der Waals surface area contributed by atoms with Crippen molar-refractivity contribution in [3.63, 3.8) is 0 Å². The van der Waals surface area contributed by atoms with Crippen molar-refractivity contribution in [2.45, 2.75) is 38.6 Å². The SMILES string of the molecule is CCCN(C)c1ccc(C(=O)NC2CCCc3cc(N)ccc32)cc1.Cl.Cl. The molecule has 0 saturated heterocycles. The molecule has 0 heterocycles. The van der Waals surface area contributed by atoms with E-state index < -0.39 is 0 Å². The topological polar surface area (TPSA) is 58.4 Å². The summed E-state index contributed by atoms with van der Waals surface area (Å²) in [5.74, 6) is -0.0145. The standard InChI is InChI=1S/C21H27N3O.2ClH/c1-3-13-24(2)18-10-7-15(8-11-18)21(25)23-20-6-4-5-16-14-17(22)9-12-19(16)20;;/h7-12,14,20H,3-6,13,22H2,1-2H3,(H,23,25);2*1H. The number of carbonyl (C=O) groups excluding carboxylic acids is 1. The lowest BCUT2D eigenvalue weighted by Crippen LogP contribution is -2.31. The number of nitrogen functional groups attached to an aromatic ring is 1. The van der Waals surface area contributed by atoms with Crippen LogP contribution in [-0.4, -0.2) is 19.5 Å². The average Bonchev–Trinajstić information content (AvgIpc) is 2.62. The van der Waals surface area contributed by atoms with Crippen molar-refractivity contribution in [1.29, 1.82) is 0 Å². The summed E-state index contributed by atoms with van der Waals surface area (Å²) in [4.78, 5) is 14.8. The highest BCUT2D eigenvalue weighted by molar-refractivity contribution is 5.94. The molecule has 2 aromatic carbocycles. The summed E-state index contributed by atoms with van der Waals surface area (Å²) in [6.07, 6.45) is 4.18. The Bertz CT molecular complexity index is 750. The van der Waals surface area contributed by atoms with Crippen LogP contribution in [0.4, 0.5) is 11.4 Å². The third-order valence-electron chi connectivity index (χ3n) is 4.92. The van der Waals surface area contributed by atoms with E-state index in [9.17, 15) is 4.79 Å². The van der Waals surface area contributed by atoms with Gasteiger partial charge in [0.05, 0.1) is 6.04 Å². The van der Waals surface area contributed by atoms with E-state index >= 15 is 0 Å². The van der Waals surface area contributed by atoms with E-state index in [0.29, 0.717) is 5.56 Å². The van der Waals surface area contributed by atoms with Crippen molar-refractivity contribution >= 4 is 42.1 Å². The maximum absolute atomic E-state index is 12.6. The number of nitrogens with two attached hydrogens (primary N) is 1. The number of nitrogens with one attached hydrogen (secondary N) is 1. The largest absolute Gasteiger partial charge is 0.399 e. The summed E-state index contributed by atoms with van der Waals surface area (Å²) in [6.45, 7) is 3.17. The molecule has 0 aromatic heterocycles.